The molecule has 8 nitrogen and oxygen atoms in total. The van der Waals surface area contributed by atoms with Gasteiger partial charge in [-0.15, -0.1) is 0 Å². The van der Waals surface area contributed by atoms with E-state index in [0.717, 1.165) is 4.90 Å². The van der Waals surface area contributed by atoms with Gasteiger partial charge in [-0.05, 0) is 36.0 Å². The minimum Gasteiger partial charge on any atom is -0.478 e. The second-order valence-corrected chi connectivity index (χ2v) is 6.43. The number of carboxylic acid groups (broad SMARTS) is 1. The second kappa shape index (κ2) is 7.50. The van der Waals surface area contributed by atoms with Crippen LogP contribution in [-0.2, 0) is 14.3 Å². The summed E-state index contributed by atoms with van der Waals surface area (Å²) in [6, 6.07) is 9.45. The van der Waals surface area contributed by atoms with E-state index in [0.29, 0.717) is 28.8 Å². The lowest BCUT2D eigenvalue weighted by Gasteiger charge is -2.09. The summed E-state index contributed by atoms with van der Waals surface area (Å²) in [4.78, 5) is 47.4. The lowest BCUT2D eigenvalue weighted by Crippen LogP contribution is -2.34. The molecule has 1 aliphatic heterocycles. The smallest absolute Gasteiger partial charge is 0.335 e. The lowest BCUT2D eigenvalue weighted by atomic mass is 10.1. The van der Waals surface area contributed by atoms with E-state index < -0.39 is 29.6 Å². The van der Waals surface area contributed by atoms with Crippen molar-refractivity contribution >= 4 is 40.9 Å². The van der Waals surface area contributed by atoms with E-state index in [1.807, 2.05) is 0 Å². The number of esters is 1. The van der Waals surface area contributed by atoms with Crippen molar-refractivity contribution < 1.29 is 33.4 Å². The number of benzene rings is 1. The van der Waals surface area contributed by atoms with Crippen LogP contribution in [0.3, 0.4) is 0 Å². The number of amides is 2. The van der Waals surface area contributed by atoms with Crippen LogP contribution in [0.4, 0.5) is 4.79 Å². The highest BCUT2D eigenvalue weighted by atomic mass is 32.2. The largest absolute Gasteiger partial charge is 0.478 e. The second-order valence-electron chi connectivity index (χ2n) is 5.43. The van der Waals surface area contributed by atoms with Crippen molar-refractivity contribution in [2.45, 2.75) is 0 Å². The maximum absolute atomic E-state index is 12.3. The van der Waals surface area contributed by atoms with E-state index in [9.17, 15) is 19.2 Å². The van der Waals surface area contributed by atoms with Crippen LogP contribution < -0.4 is 0 Å². The highest BCUT2D eigenvalue weighted by Crippen LogP contribution is 2.33. The molecule has 0 bridgehead atoms. The number of methoxy groups -OCH3 is 1. The number of rotatable bonds is 5. The minimum absolute atomic E-state index is 0.115. The number of carbonyl (C=O) groups excluding carboxylic acids is 3. The average Bonchev–Trinajstić information content (AvgIpc) is 3.22. The number of hydrogen-bond donors (Lipinski definition) is 1. The molecule has 2 aromatic rings. The average molecular weight is 387 g/mol. The molecule has 27 heavy (non-hydrogen) atoms. The summed E-state index contributed by atoms with van der Waals surface area (Å²) < 4.78 is 10.1. The first-order valence-corrected chi connectivity index (χ1v) is 8.46. The SMILES string of the molecule is COC(=O)CN1C(=O)S/C(=C\c2ccc(-c3cccc(C(=O)O)c3)o2)C1=O. The van der Waals surface area contributed by atoms with Crippen LogP contribution in [0.2, 0.25) is 0 Å². The number of imide groups is 1. The fraction of sp³-hybridized carbons (Fsp3) is 0.111. The Labute approximate surface area is 157 Å². The summed E-state index contributed by atoms with van der Waals surface area (Å²) in [5.74, 6) is -1.63. The van der Waals surface area contributed by atoms with Crippen molar-refractivity contribution in [1.82, 2.24) is 4.90 Å². The fourth-order valence-corrected chi connectivity index (χ4v) is 3.17. The van der Waals surface area contributed by atoms with E-state index in [1.165, 1.54) is 25.3 Å². The van der Waals surface area contributed by atoms with Gasteiger partial charge in [-0.3, -0.25) is 19.3 Å². The zero-order chi connectivity index (χ0) is 19.6. The maximum atomic E-state index is 12.3. The van der Waals surface area contributed by atoms with Gasteiger partial charge in [0.15, 0.2) is 0 Å². The van der Waals surface area contributed by atoms with Gasteiger partial charge in [0.25, 0.3) is 11.1 Å². The first kappa shape index (κ1) is 18.5. The molecule has 2 amide bonds. The van der Waals surface area contributed by atoms with Gasteiger partial charge in [0.2, 0.25) is 0 Å². The minimum atomic E-state index is -1.05. The van der Waals surface area contributed by atoms with Crippen molar-refractivity contribution in [3.8, 4) is 11.3 Å². The third-order valence-corrected chi connectivity index (χ3v) is 4.59. The predicted octanol–water partition coefficient (Wildman–Crippen LogP) is 2.85. The van der Waals surface area contributed by atoms with Gasteiger partial charge in [0.1, 0.15) is 18.1 Å². The lowest BCUT2D eigenvalue weighted by molar-refractivity contribution is -0.143. The van der Waals surface area contributed by atoms with Crippen LogP contribution in [0.15, 0.2) is 45.7 Å². The van der Waals surface area contributed by atoms with E-state index in [2.05, 4.69) is 4.74 Å². The van der Waals surface area contributed by atoms with Crippen molar-refractivity contribution in [3.05, 3.63) is 52.6 Å². The van der Waals surface area contributed by atoms with Gasteiger partial charge in [-0.25, -0.2) is 4.79 Å². The summed E-state index contributed by atoms with van der Waals surface area (Å²) in [5.41, 5.74) is 0.683. The molecule has 0 radical (unpaired) electrons. The molecule has 0 atom stereocenters. The summed E-state index contributed by atoms with van der Waals surface area (Å²) in [7, 11) is 1.17. The Balaban J connectivity index is 1.82. The standard InChI is InChI=1S/C18H13NO7S/c1-25-15(20)9-19-16(21)14(27-18(19)24)8-12-5-6-13(26-12)10-3-2-4-11(7-10)17(22)23/h2-8H,9H2,1H3,(H,22,23)/b14-8-. The molecule has 2 heterocycles. The van der Waals surface area contributed by atoms with E-state index in [1.54, 1.807) is 24.3 Å². The Hall–Kier alpha value is -3.33. The number of carboxylic acids is 1. The van der Waals surface area contributed by atoms with Crippen LogP contribution in [0.1, 0.15) is 16.1 Å². The molecule has 0 aliphatic carbocycles. The van der Waals surface area contributed by atoms with Crippen LogP contribution in [0.5, 0.6) is 0 Å². The van der Waals surface area contributed by atoms with E-state index in [-0.39, 0.29) is 10.5 Å². The highest BCUT2D eigenvalue weighted by molar-refractivity contribution is 8.18. The molecule has 1 saturated heterocycles. The van der Waals surface area contributed by atoms with Gasteiger partial charge in [0, 0.05) is 11.6 Å². The molecule has 0 unspecified atom stereocenters. The molecule has 0 spiro atoms. The van der Waals surface area contributed by atoms with Crippen LogP contribution in [0.25, 0.3) is 17.4 Å². The number of furan rings is 1. The van der Waals surface area contributed by atoms with Gasteiger partial charge >= 0.3 is 11.9 Å². The monoisotopic (exact) mass is 387 g/mol. The molecule has 138 valence electrons. The van der Waals surface area contributed by atoms with E-state index >= 15 is 0 Å². The van der Waals surface area contributed by atoms with Crippen molar-refractivity contribution in [2.24, 2.45) is 0 Å². The van der Waals surface area contributed by atoms with Gasteiger partial charge in [0.05, 0.1) is 17.6 Å². The molecule has 1 aromatic carbocycles. The van der Waals surface area contributed by atoms with Gasteiger partial charge in [-0.1, -0.05) is 12.1 Å². The topological polar surface area (TPSA) is 114 Å². The molecule has 1 aromatic heterocycles. The Bertz CT molecular complexity index is 976. The summed E-state index contributed by atoms with van der Waals surface area (Å²) in [6.07, 6.45) is 1.40. The Morgan fingerprint density at radius 2 is 2.04 bits per heavy atom. The summed E-state index contributed by atoms with van der Waals surface area (Å²) >= 11 is 0.694. The summed E-state index contributed by atoms with van der Waals surface area (Å²) in [6.45, 7) is -0.454. The predicted molar refractivity (Wildman–Crippen MR) is 95.8 cm³/mol. The quantitative estimate of drug-likeness (QED) is 0.615. The number of thioether (sulfide) groups is 1. The van der Waals surface area contributed by atoms with Gasteiger partial charge in [-0.2, -0.15) is 0 Å². The number of aromatic carboxylic acids is 1. The van der Waals surface area contributed by atoms with Crippen molar-refractivity contribution in [3.63, 3.8) is 0 Å². The third kappa shape index (κ3) is 3.93. The molecule has 1 N–H and O–H groups in total. The normalized spacial score (nSPS) is 15.4. The zero-order valence-electron chi connectivity index (χ0n) is 14.0. The number of ether oxygens (including phenoxy) is 1. The fourth-order valence-electron chi connectivity index (χ4n) is 2.35. The van der Waals surface area contributed by atoms with Crippen LogP contribution >= 0.6 is 11.8 Å². The van der Waals surface area contributed by atoms with Crippen molar-refractivity contribution in [2.75, 3.05) is 13.7 Å². The third-order valence-electron chi connectivity index (χ3n) is 3.68. The van der Waals surface area contributed by atoms with Crippen molar-refractivity contribution in [1.29, 1.82) is 0 Å². The molecule has 0 saturated carbocycles. The Morgan fingerprint density at radius 3 is 2.74 bits per heavy atom. The number of carbonyl (C=O) groups is 4. The van der Waals surface area contributed by atoms with Crippen LogP contribution in [-0.4, -0.2) is 46.7 Å². The first-order chi connectivity index (χ1) is 12.9. The first-order valence-electron chi connectivity index (χ1n) is 7.65. The number of nitrogens with zero attached hydrogens (tertiary/aromatic N) is 1. The summed E-state index contributed by atoms with van der Waals surface area (Å²) in [5, 5.41) is 8.49. The van der Waals surface area contributed by atoms with E-state index in [4.69, 9.17) is 9.52 Å². The Morgan fingerprint density at radius 1 is 1.26 bits per heavy atom. The molecular formula is C18H13NO7S. The molecule has 1 fully saturated rings. The molecule has 3 rings (SSSR count). The van der Waals surface area contributed by atoms with Gasteiger partial charge < -0.3 is 14.3 Å². The molecule has 9 heteroatoms. The maximum Gasteiger partial charge on any atom is 0.335 e. The van der Waals surface area contributed by atoms with Crippen LogP contribution in [0, 0.1) is 0 Å². The number of hydrogen-bond acceptors (Lipinski definition) is 7. The Kier molecular flexibility index (Phi) is 5.13. The zero-order valence-corrected chi connectivity index (χ0v) is 14.8. The molecule has 1 aliphatic rings. The molecular weight excluding hydrogens is 374 g/mol. The highest BCUT2D eigenvalue weighted by Gasteiger charge is 2.36.